The molecule has 0 aromatic carbocycles. The van der Waals surface area contributed by atoms with E-state index in [1.165, 1.54) is 0 Å². The number of rotatable bonds is 3. The van der Waals surface area contributed by atoms with Gasteiger partial charge in [0.1, 0.15) is 5.82 Å². The van der Waals surface area contributed by atoms with E-state index in [-0.39, 0.29) is 5.54 Å². The van der Waals surface area contributed by atoms with Crippen molar-refractivity contribution < 1.29 is 4.52 Å². The van der Waals surface area contributed by atoms with Crippen molar-refractivity contribution in [3.8, 4) is 0 Å². The van der Waals surface area contributed by atoms with Gasteiger partial charge in [0.25, 0.3) is 0 Å². The molecule has 3 heterocycles. The zero-order valence-electron chi connectivity index (χ0n) is 12.6. The van der Waals surface area contributed by atoms with E-state index in [1.54, 1.807) is 13.0 Å². The second-order valence-electron chi connectivity index (χ2n) is 5.79. The number of nitrogen functional groups attached to an aromatic ring is 1. The lowest BCUT2D eigenvalue weighted by Crippen LogP contribution is -2.40. The van der Waals surface area contributed by atoms with Crippen molar-refractivity contribution in [3.05, 3.63) is 29.3 Å². The summed E-state index contributed by atoms with van der Waals surface area (Å²) in [7, 11) is 0. The summed E-state index contributed by atoms with van der Waals surface area (Å²) in [6.45, 7) is 7.48. The molecular weight excluding hydrogens is 268 g/mol. The molecule has 0 saturated carbocycles. The predicted octanol–water partition coefficient (Wildman–Crippen LogP) is 1.57. The van der Waals surface area contributed by atoms with Crippen LogP contribution < -0.4 is 5.73 Å². The van der Waals surface area contributed by atoms with E-state index < -0.39 is 0 Å². The van der Waals surface area contributed by atoms with Crippen LogP contribution in [0.3, 0.4) is 0 Å². The van der Waals surface area contributed by atoms with Gasteiger partial charge in [0.15, 0.2) is 11.6 Å². The number of nitrogens with zero attached hydrogens (tertiary/aromatic N) is 5. The molecular formula is C14H20N6O. The summed E-state index contributed by atoms with van der Waals surface area (Å²) in [4.78, 5) is 15.6. The highest BCUT2D eigenvalue weighted by Crippen LogP contribution is 2.37. The molecule has 0 spiro atoms. The molecule has 0 bridgehead atoms. The Morgan fingerprint density at radius 2 is 2.14 bits per heavy atom. The van der Waals surface area contributed by atoms with Crippen molar-refractivity contribution in [2.75, 3.05) is 12.3 Å². The number of likely N-dealkylation sites (tertiary alicyclic amines) is 1. The lowest BCUT2D eigenvalue weighted by Gasteiger charge is -2.33. The number of aromatic nitrogens is 4. The zero-order valence-corrected chi connectivity index (χ0v) is 12.6. The SMILES string of the molecule is Cc1cc(N)nc(C2(C)CCCN2Cc2noc(C)n2)n1. The Balaban J connectivity index is 1.90. The van der Waals surface area contributed by atoms with E-state index in [0.717, 1.165) is 30.9 Å². The number of nitrogens with two attached hydrogens (primary N) is 1. The van der Waals surface area contributed by atoms with Crippen LogP contribution in [0.2, 0.25) is 0 Å². The molecule has 112 valence electrons. The molecule has 1 aliphatic rings. The maximum atomic E-state index is 5.88. The Hall–Kier alpha value is -2.02. The topological polar surface area (TPSA) is 94.0 Å². The fourth-order valence-corrected chi connectivity index (χ4v) is 2.94. The van der Waals surface area contributed by atoms with Gasteiger partial charge < -0.3 is 10.3 Å². The highest BCUT2D eigenvalue weighted by atomic mass is 16.5. The fourth-order valence-electron chi connectivity index (χ4n) is 2.94. The van der Waals surface area contributed by atoms with E-state index in [1.807, 2.05) is 6.92 Å². The van der Waals surface area contributed by atoms with Gasteiger partial charge in [0.2, 0.25) is 5.89 Å². The molecule has 1 saturated heterocycles. The summed E-state index contributed by atoms with van der Waals surface area (Å²) in [5.74, 6) is 2.57. The Morgan fingerprint density at radius 3 is 2.81 bits per heavy atom. The largest absolute Gasteiger partial charge is 0.384 e. The second-order valence-corrected chi connectivity index (χ2v) is 5.79. The van der Waals surface area contributed by atoms with Gasteiger partial charge >= 0.3 is 0 Å². The average Bonchev–Trinajstić information content (AvgIpc) is 2.97. The maximum absolute atomic E-state index is 5.88. The minimum absolute atomic E-state index is 0.241. The molecule has 21 heavy (non-hydrogen) atoms. The summed E-state index contributed by atoms with van der Waals surface area (Å²) in [6.07, 6.45) is 2.08. The molecule has 7 heteroatoms. The smallest absolute Gasteiger partial charge is 0.223 e. The Labute approximate surface area is 123 Å². The van der Waals surface area contributed by atoms with E-state index in [4.69, 9.17) is 10.3 Å². The van der Waals surface area contributed by atoms with Crippen molar-refractivity contribution in [1.29, 1.82) is 0 Å². The van der Waals surface area contributed by atoms with Crippen LogP contribution in [0, 0.1) is 13.8 Å². The van der Waals surface area contributed by atoms with Crippen LogP contribution in [0.15, 0.2) is 10.6 Å². The van der Waals surface area contributed by atoms with Crippen LogP contribution >= 0.6 is 0 Å². The van der Waals surface area contributed by atoms with Gasteiger partial charge in [-0.05, 0) is 33.2 Å². The Bertz CT molecular complexity index is 634. The molecule has 0 aliphatic carbocycles. The minimum atomic E-state index is -0.241. The van der Waals surface area contributed by atoms with Crippen LogP contribution in [-0.2, 0) is 12.1 Å². The Morgan fingerprint density at radius 1 is 1.33 bits per heavy atom. The molecule has 2 aromatic heterocycles. The summed E-state index contributed by atoms with van der Waals surface area (Å²) in [5.41, 5.74) is 6.53. The van der Waals surface area contributed by atoms with Crippen LogP contribution in [0.5, 0.6) is 0 Å². The first-order valence-corrected chi connectivity index (χ1v) is 7.13. The standard InChI is InChI=1S/C14H20N6O/c1-9-7-11(15)18-13(16-9)14(3)5-4-6-20(14)8-12-17-10(2)21-19-12/h7H,4-6,8H2,1-3H3,(H2,15,16,18). The molecule has 1 atom stereocenters. The average molecular weight is 288 g/mol. The van der Waals surface area contributed by atoms with Gasteiger partial charge in [-0.1, -0.05) is 5.16 Å². The monoisotopic (exact) mass is 288 g/mol. The van der Waals surface area contributed by atoms with Crippen molar-refractivity contribution in [2.45, 2.75) is 45.7 Å². The van der Waals surface area contributed by atoms with E-state index in [9.17, 15) is 0 Å². The van der Waals surface area contributed by atoms with Gasteiger partial charge in [-0.2, -0.15) is 4.98 Å². The molecule has 2 N–H and O–H groups in total. The van der Waals surface area contributed by atoms with Crippen molar-refractivity contribution in [3.63, 3.8) is 0 Å². The van der Waals surface area contributed by atoms with E-state index in [0.29, 0.717) is 24.1 Å². The quantitative estimate of drug-likeness (QED) is 0.916. The van der Waals surface area contributed by atoms with Crippen LogP contribution in [0.4, 0.5) is 5.82 Å². The van der Waals surface area contributed by atoms with Gasteiger partial charge in [0.05, 0.1) is 12.1 Å². The summed E-state index contributed by atoms with van der Waals surface area (Å²) in [5, 5.41) is 3.98. The lowest BCUT2D eigenvalue weighted by atomic mass is 9.97. The van der Waals surface area contributed by atoms with Gasteiger partial charge in [0, 0.05) is 18.7 Å². The van der Waals surface area contributed by atoms with Crippen LogP contribution in [0.1, 0.15) is 43.0 Å². The summed E-state index contributed by atoms with van der Waals surface area (Å²) >= 11 is 0. The highest BCUT2D eigenvalue weighted by molar-refractivity contribution is 5.31. The highest BCUT2D eigenvalue weighted by Gasteiger charge is 2.41. The molecule has 2 aromatic rings. The molecule has 3 rings (SSSR count). The van der Waals surface area contributed by atoms with E-state index >= 15 is 0 Å². The van der Waals surface area contributed by atoms with Crippen LogP contribution in [0.25, 0.3) is 0 Å². The number of aryl methyl sites for hydroxylation is 2. The van der Waals surface area contributed by atoms with Crippen molar-refractivity contribution in [1.82, 2.24) is 25.0 Å². The first-order valence-electron chi connectivity index (χ1n) is 7.13. The lowest BCUT2D eigenvalue weighted by molar-refractivity contribution is 0.132. The number of anilines is 1. The summed E-state index contributed by atoms with van der Waals surface area (Å²) in [6, 6.07) is 1.79. The maximum Gasteiger partial charge on any atom is 0.223 e. The third-order valence-corrected chi connectivity index (χ3v) is 4.05. The molecule has 1 unspecified atom stereocenters. The zero-order chi connectivity index (χ0) is 15.0. The molecule has 0 amide bonds. The summed E-state index contributed by atoms with van der Waals surface area (Å²) < 4.78 is 5.05. The first-order chi connectivity index (χ1) is 9.97. The van der Waals surface area contributed by atoms with Crippen molar-refractivity contribution >= 4 is 5.82 Å². The predicted molar refractivity (Wildman–Crippen MR) is 77.2 cm³/mol. The molecule has 1 aliphatic heterocycles. The molecule has 0 radical (unpaired) electrons. The number of hydrogen-bond acceptors (Lipinski definition) is 7. The first kappa shape index (κ1) is 13.9. The molecule has 1 fully saturated rings. The van der Waals surface area contributed by atoms with Gasteiger partial charge in [-0.3, -0.25) is 4.90 Å². The van der Waals surface area contributed by atoms with E-state index in [2.05, 4.69) is 31.9 Å². The van der Waals surface area contributed by atoms with Crippen LogP contribution in [-0.4, -0.2) is 31.6 Å². The normalized spacial score (nSPS) is 22.8. The van der Waals surface area contributed by atoms with Gasteiger partial charge in [-0.15, -0.1) is 0 Å². The number of hydrogen-bond donors (Lipinski definition) is 1. The van der Waals surface area contributed by atoms with Crippen molar-refractivity contribution in [2.24, 2.45) is 0 Å². The minimum Gasteiger partial charge on any atom is -0.384 e. The fraction of sp³-hybridized carbons (Fsp3) is 0.571. The third kappa shape index (κ3) is 2.61. The second kappa shape index (κ2) is 5.07. The Kier molecular flexibility index (Phi) is 3.36. The third-order valence-electron chi connectivity index (χ3n) is 4.05. The van der Waals surface area contributed by atoms with Gasteiger partial charge in [-0.25, -0.2) is 9.97 Å². The molecule has 7 nitrogen and oxygen atoms in total.